The van der Waals surface area contributed by atoms with Gasteiger partial charge in [-0.25, -0.2) is 0 Å². The van der Waals surface area contributed by atoms with E-state index in [2.05, 4.69) is 25.0 Å². The average molecular weight is 252 g/mol. The Morgan fingerprint density at radius 1 is 1.41 bits per heavy atom. The normalized spacial score (nSPS) is 22.7. The number of hydrogen-bond donors (Lipinski definition) is 1. The van der Waals surface area contributed by atoms with Gasteiger partial charge in [-0.2, -0.15) is 4.98 Å². The van der Waals surface area contributed by atoms with Crippen LogP contribution < -0.4 is 5.32 Å². The van der Waals surface area contributed by atoms with Crippen LogP contribution in [0.2, 0.25) is 0 Å². The van der Waals surface area contributed by atoms with E-state index in [1.54, 1.807) is 0 Å². The van der Waals surface area contributed by atoms with Crippen LogP contribution in [0.3, 0.4) is 0 Å². The Hall–Kier alpha value is -1.04. The number of amidine groups is 1. The molecule has 0 aromatic carbocycles. The molecule has 1 saturated carbocycles. The third-order valence-corrected chi connectivity index (χ3v) is 4.85. The number of aliphatic imine (C=N–C) groups is 1. The standard InChI is InChI=1S/C11H16N4OS/c1-2-4-11(3-1)6-13-10(17-7-11)12-5-9-14-8-16-15-9/h8H,1-7H2,(H,12,13). The fourth-order valence-corrected chi connectivity index (χ4v) is 3.66. The van der Waals surface area contributed by atoms with Gasteiger partial charge in [-0.05, 0) is 18.3 Å². The van der Waals surface area contributed by atoms with Crippen LogP contribution in [0, 0.1) is 5.41 Å². The van der Waals surface area contributed by atoms with Gasteiger partial charge in [0.25, 0.3) is 0 Å². The van der Waals surface area contributed by atoms with Gasteiger partial charge in [0.05, 0.1) is 6.54 Å². The molecule has 17 heavy (non-hydrogen) atoms. The van der Waals surface area contributed by atoms with E-state index in [1.165, 1.54) is 37.8 Å². The highest BCUT2D eigenvalue weighted by Gasteiger charge is 2.36. The van der Waals surface area contributed by atoms with Gasteiger partial charge >= 0.3 is 0 Å². The van der Waals surface area contributed by atoms with E-state index in [0.717, 1.165) is 11.7 Å². The molecule has 0 saturated heterocycles. The number of thioether (sulfide) groups is 1. The van der Waals surface area contributed by atoms with E-state index < -0.39 is 0 Å². The van der Waals surface area contributed by atoms with Gasteiger partial charge in [-0.1, -0.05) is 29.8 Å². The maximum atomic E-state index is 4.68. The number of nitrogens with zero attached hydrogens (tertiary/aromatic N) is 3. The van der Waals surface area contributed by atoms with Crippen LogP contribution in [0.15, 0.2) is 15.9 Å². The van der Waals surface area contributed by atoms with Gasteiger partial charge in [-0.3, -0.25) is 4.99 Å². The lowest BCUT2D eigenvalue weighted by Crippen LogP contribution is -2.33. The molecule has 0 bridgehead atoms. The van der Waals surface area contributed by atoms with Gasteiger partial charge in [0, 0.05) is 12.3 Å². The first-order valence-corrected chi connectivity index (χ1v) is 7.01. The molecule has 1 aliphatic carbocycles. The van der Waals surface area contributed by atoms with E-state index in [1.807, 2.05) is 11.8 Å². The minimum absolute atomic E-state index is 0.502. The molecular formula is C11H16N4OS. The molecule has 6 heteroatoms. The molecule has 1 spiro atoms. The van der Waals surface area contributed by atoms with Crippen molar-refractivity contribution in [2.75, 3.05) is 12.3 Å². The molecule has 2 aliphatic rings. The summed E-state index contributed by atoms with van der Waals surface area (Å²) >= 11 is 1.83. The van der Waals surface area contributed by atoms with Crippen molar-refractivity contribution in [2.24, 2.45) is 10.4 Å². The highest BCUT2D eigenvalue weighted by Crippen LogP contribution is 2.43. The summed E-state index contributed by atoms with van der Waals surface area (Å²) in [6.45, 7) is 1.57. The van der Waals surface area contributed by atoms with E-state index in [9.17, 15) is 0 Å². The maximum absolute atomic E-state index is 4.68. The Balaban J connectivity index is 1.54. The number of rotatable bonds is 2. The molecule has 1 aliphatic heterocycles. The van der Waals surface area contributed by atoms with Crippen molar-refractivity contribution in [2.45, 2.75) is 32.2 Å². The Morgan fingerprint density at radius 2 is 2.29 bits per heavy atom. The van der Waals surface area contributed by atoms with E-state index >= 15 is 0 Å². The first kappa shape index (κ1) is 11.1. The highest BCUT2D eigenvalue weighted by molar-refractivity contribution is 8.13. The highest BCUT2D eigenvalue weighted by atomic mass is 32.2. The predicted octanol–water partition coefficient (Wildman–Crippen LogP) is 1.82. The molecule has 0 unspecified atom stereocenters. The monoisotopic (exact) mass is 252 g/mol. The summed E-state index contributed by atoms with van der Waals surface area (Å²) in [5, 5.41) is 8.04. The summed E-state index contributed by atoms with van der Waals surface area (Å²) in [4.78, 5) is 8.61. The van der Waals surface area contributed by atoms with Crippen LogP contribution in [-0.2, 0) is 6.54 Å². The molecule has 1 aromatic heterocycles. The second-order valence-electron chi connectivity index (χ2n) is 4.82. The summed E-state index contributed by atoms with van der Waals surface area (Å²) < 4.78 is 4.68. The average Bonchev–Trinajstić information content (AvgIpc) is 3.01. The second kappa shape index (κ2) is 4.68. The van der Waals surface area contributed by atoms with Crippen LogP contribution in [0.5, 0.6) is 0 Å². The number of hydrogen-bond acceptors (Lipinski definition) is 6. The second-order valence-corrected chi connectivity index (χ2v) is 5.78. The zero-order valence-electron chi connectivity index (χ0n) is 9.69. The van der Waals surface area contributed by atoms with Crippen LogP contribution in [0.4, 0.5) is 0 Å². The van der Waals surface area contributed by atoms with Gasteiger partial charge in [0.15, 0.2) is 11.0 Å². The van der Waals surface area contributed by atoms with Crippen molar-refractivity contribution < 1.29 is 4.52 Å². The Kier molecular flexibility index (Phi) is 3.05. The fraction of sp³-hybridized carbons (Fsp3) is 0.727. The van der Waals surface area contributed by atoms with Crippen LogP contribution in [0.25, 0.3) is 0 Å². The lowest BCUT2D eigenvalue weighted by atomic mass is 9.89. The lowest BCUT2D eigenvalue weighted by molar-refractivity contribution is 0.358. The van der Waals surface area contributed by atoms with E-state index in [4.69, 9.17) is 0 Å². The van der Waals surface area contributed by atoms with Gasteiger partial charge < -0.3 is 9.84 Å². The quantitative estimate of drug-likeness (QED) is 0.870. The SMILES string of the molecule is c1nc(CNC2=NCC3(CCCC3)CS2)no1. The fourth-order valence-electron chi connectivity index (χ4n) is 2.51. The molecule has 5 nitrogen and oxygen atoms in total. The van der Waals surface area contributed by atoms with Gasteiger partial charge in [0.1, 0.15) is 0 Å². The molecule has 1 N–H and O–H groups in total. The predicted molar refractivity (Wildman–Crippen MR) is 66.8 cm³/mol. The number of aromatic nitrogens is 2. The van der Waals surface area contributed by atoms with Crippen molar-refractivity contribution in [3.8, 4) is 0 Å². The summed E-state index contributed by atoms with van der Waals surface area (Å²) in [6.07, 6.45) is 6.80. The Labute approximate surface area is 104 Å². The molecule has 1 fully saturated rings. The third kappa shape index (κ3) is 2.46. The molecular weight excluding hydrogens is 236 g/mol. The molecule has 3 rings (SSSR count). The molecule has 0 atom stereocenters. The van der Waals surface area contributed by atoms with Crippen molar-refractivity contribution in [3.63, 3.8) is 0 Å². The molecule has 0 amide bonds. The minimum atomic E-state index is 0.502. The third-order valence-electron chi connectivity index (χ3n) is 3.54. The van der Waals surface area contributed by atoms with Crippen molar-refractivity contribution in [1.29, 1.82) is 0 Å². The zero-order chi connectivity index (χ0) is 11.6. The van der Waals surface area contributed by atoms with Crippen LogP contribution in [0.1, 0.15) is 31.5 Å². The molecule has 2 heterocycles. The summed E-state index contributed by atoms with van der Waals surface area (Å²) in [5.74, 6) is 1.87. The van der Waals surface area contributed by atoms with E-state index in [-0.39, 0.29) is 0 Å². The van der Waals surface area contributed by atoms with Crippen molar-refractivity contribution >= 4 is 16.9 Å². The zero-order valence-corrected chi connectivity index (χ0v) is 10.5. The number of nitrogens with one attached hydrogen (secondary N) is 1. The topological polar surface area (TPSA) is 63.3 Å². The first-order valence-electron chi connectivity index (χ1n) is 6.03. The van der Waals surface area contributed by atoms with Gasteiger partial charge in [0.2, 0.25) is 6.39 Å². The van der Waals surface area contributed by atoms with Crippen molar-refractivity contribution in [3.05, 3.63) is 12.2 Å². The molecule has 0 radical (unpaired) electrons. The largest absolute Gasteiger partial charge is 0.357 e. The smallest absolute Gasteiger partial charge is 0.213 e. The Bertz CT molecular complexity index is 398. The Morgan fingerprint density at radius 3 is 2.94 bits per heavy atom. The molecule has 1 aromatic rings. The summed E-state index contributed by atoms with van der Waals surface area (Å²) in [6, 6.07) is 0. The molecule has 92 valence electrons. The van der Waals surface area contributed by atoms with Crippen LogP contribution in [-0.4, -0.2) is 27.6 Å². The minimum Gasteiger partial charge on any atom is -0.357 e. The lowest BCUT2D eigenvalue weighted by Gasteiger charge is -2.30. The van der Waals surface area contributed by atoms with E-state index in [0.29, 0.717) is 17.8 Å². The summed E-state index contributed by atoms with van der Waals surface area (Å²) in [7, 11) is 0. The maximum Gasteiger partial charge on any atom is 0.213 e. The van der Waals surface area contributed by atoms with Crippen LogP contribution >= 0.6 is 11.8 Å². The summed E-state index contributed by atoms with van der Waals surface area (Å²) in [5.41, 5.74) is 0.502. The first-order chi connectivity index (χ1) is 8.36. The van der Waals surface area contributed by atoms with Crippen molar-refractivity contribution in [1.82, 2.24) is 15.5 Å². The van der Waals surface area contributed by atoms with Gasteiger partial charge in [-0.15, -0.1) is 0 Å².